The van der Waals surface area contributed by atoms with Crippen LogP contribution in [0.2, 0.25) is 5.02 Å². The van der Waals surface area contributed by atoms with Crippen molar-refractivity contribution in [1.82, 2.24) is 0 Å². The SMILES string of the molecule is COc1ccc(CN(C)c2ccc([C@H](C)N)cc2Cl)cc1. The molecule has 2 aromatic rings. The van der Waals surface area contributed by atoms with E-state index in [0.29, 0.717) is 0 Å². The van der Waals surface area contributed by atoms with Crippen molar-refractivity contribution in [3.05, 3.63) is 58.6 Å². The van der Waals surface area contributed by atoms with E-state index in [-0.39, 0.29) is 6.04 Å². The van der Waals surface area contributed by atoms with Gasteiger partial charge in [0.25, 0.3) is 0 Å². The fourth-order valence-electron chi connectivity index (χ4n) is 2.21. The van der Waals surface area contributed by atoms with Crippen molar-refractivity contribution in [1.29, 1.82) is 0 Å². The number of halogens is 1. The highest BCUT2D eigenvalue weighted by Crippen LogP contribution is 2.29. The Morgan fingerprint density at radius 1 is 1.19 bits per heavy atom. The molecule has 4 heteroatoms. The number of anilines is 1. The summed E-state index contributed by atoms with van der Waals surface area (Å²) in [4.78, 5) is 2.12. The summed E-state index contributed by atoms with van der Waals surface area (Å²) in [5, 5.41) is 0.723. The lowest BCUT2D eigenvalue weighted by Gasteiger charge is -2.22. The zero-order chi connectivity index (χ0) is 15.4. The quantitative estimate of drug-likeness (QED) is 0.907. The number of rotatable bonds is 5. The van der Waals surface area contributed by atoms with E-state index in [1.165, 1.54) is 5.56 Å². The summed E-state index contributed by atoms with van der Waals surface area (Å²) in [6.07, 6.45) is 0. The first-order valence-electron chi connectivity index (χ1n) is 6.90. The molecule has 0 aliphatic heterocycles. The largest absolute Gasteiger partial charge is 0.497 e. The molecule has 0 saturated carbocycles. The second kappa shape index (κ2) is 6.83. The Kier molecular flexibility index (Phi) is 5.10. The Morgan fingerprint density at radius 3 is 2.38 bits per heavy atom. The highest BCUT2D eigenvalue weighted by atomic mass is 35.5. The monoisotopic (exact) mass is 304 g/mol. The highest BCUT2D eigenvalue weighted by molar-refractivity contribution is 6.33. The van der Waals surface area contributed by atoms with E-state index in [1.54, 1.807) is 7.11 Å². The van der Waals surface area contributed by atoms with Crippen molar-refractivity contribution in [2.45, 2.75) is 19.5 Å². The van der Waals surface area contributed by atoms with Gasteiger partial charge in [0.15, 0.2) is 0 Å². The highest BCUT2D eigenvalue weighted by Gasteiger charge is 2.09. The average molecular weight is 305 g/mol. The summed E-state index contributed by atoms with van der Waals surface area (Å²) >= 11 is 6.37. The summed E-state index contributed by atoms with van der Waals surface area (Å²) in [7, 11) is 3.69. The molecule has 112 valence electrons. The molecule has 0 bridgehead atoms. The van der Waals surface area contributed by atoms with E-state index in [9.17, 15) is 0 Å². The number of benzene rings is 2. The molecule has 0 radical (unpaired) electrons. The van der Waals surface area contributed by atoms with Gasteiger partial charge in [0, 0.05) is 19.6 Å². The molecule has 0 aliphatic rings. The van der Waals surface area contributed by atoms with E-state index in [4.69, 9.17) is 22.1 Å². The molecule has 21 heavy (non-hydrogen) atoms. The van der Waals surface area contributed by atoms with Crippen LogP contribution >= 0.6 is 11.6 Å². The van der Waals surface area contributed by atoms with Crippen LogP contribution in [0.3, 0.4) is 0 Å². The molecular formula is C17H21ClN2O. The van der Waals surface area contributed by atoms with Gasteiger partial charge in [0.1, 0.15) is 5.75 Å². The molecule has 0 saturated heterocycles. The molecule has 2 N–H and O–H groups in total. The van der Waals surface area contributed by atoms with Gasteiger partial charge in [-0.15, -0.1) is 0 Å². The van der Waals surface area contributed by atoms with Crippen LogP contribution in [0.25, 0.3) is 0 Å². The zero-order valence-corrected chi connectivity index (χ0v) is 13.4. The van der Waals surface area contributed by atoms with Gasteiger partial charge in [-0.1, -0.05) is 29.8 Å². The molecule has 0 aliphatic carbocycles. The number of hydrogen-bond donors (Lipinski definition) is 1. The van der Waals surface area contributed by atoms with Gasteiger partial charge in [-0.2, -0.15) is 0 Å². The third-order valence-corrected chi connectivity index (χ3v) is 3.79. The van der Waals surface area contributed by atoms with E-state index < -0.39 is 0 Å². The minimum Gasteiger partial charge on any atom is -0.497 e. The molecule has 2 rings (SSSR count). The Morgan fingerprint density at radius 2 is 1.86 bits per heavy atom. The number of hydrogen-bond acceptors (Lipinski definition) is 3. The third-order valence-electron chi connectivity index (χ3n) is 3.49. The second-order valence-corrected chi connectivity index (χ2v) is 5.61. The lowest BCUT2D eigenvalue weighted by molar-refractivity contribution is 0.414. The van der Waals surface area contributed by atoms with Crippen LogP contribution in [0.5, 0.6) is 5.75 Å². The molecule has 0 spiro atoms. The van der Waals surface area contributed by atoms with Crippen LogP contribution in [0.4, 0.5) is 5.69 Å². The van der Waals surface area contributed by atoms with E-state index >= 15 is 0 Å². The zero-order valence-electron chi connectivity index (χ0n) is 12.6. The molecule has 0 fully saturated rings. The number of methoxy groups -OCH3 is 1. The second-order valence-electron chi connectivity index (χ2n) is 5.20. The first kappa shape index (κ1) is 15.7. The van der Waals surface area contributed by atoms with Gasteiger partial charge < -0.3 is 15.4 Å². The summed E-state index contributed by atoms with van der Waals surface area (Å²) in [5.74, 6) is 0.862. The normalized spacial score (nSPS) is 12.0. The Balaban J connectivity index is 2.13. The first-order chi connectivity index (χ1) is 10.0. The van der Waals surface area contributed by atoms with E-state index in [2.05, 4.69) is 17.0 Å². The topological polar surface area (TPSA) is 38.5 Å². The summed E-state index contributed by atoms with van der Waals surface area (Å²) in [6, 6.07) is 14.0. The van der Waals surface area contributed by atoms with Crippen molar-refractivity contribution >= 4 is 17.3 Å². The summed E-state index contributed by atoms with van der Waals surface area (Å²) in [6.45, 7) is 2.73. The predicted molar refractivity (Wildman–Crippen MR) is 89.2 cm³/mol. The van der Waals surface area contributed by atoms with Gasteiger partial charge in [-0.3, -0.25) is 0 Å². The van der Waals surface area contributed by atoms with Crippen molar-refractivity contribution in [3.8, 4) is 5.75 Å². The van der Waals surface area contributed by atoms with Gasteiger partial charge in [0.05, 0.1) is 17.8 Å². The van der Waals surface area contributed by atoms with Crippen LogP contribution in [0.1, 0.15) is 24.1 Å². The Labute approximate surface area is 131 Å². The molecule has 0 unspecified atom stereocenters. The van der Waals surface area contributed by atoms with Crippen LogP contribution in [0.15, 0.2) is 42.5 Å². The number of nitrogens with zero attached hydrogens (tertiary/aromatic N) is 1. The Hall–Kier alpha value is -1.71. The molecule has 0 heterocycles. The number of ether oxygens (including phenoxy) is 1. The maximum Gasteiger partial charge on any atom is 0.118 e. The lowest BCUT2D eigenvalue weighted by Crippen LogP contribution is -2.17. The average Bonchev–Trinajstić information content (AvgIpc) is 2.47. The van der Waals surface area contributed by atoms with Gasteiger partial charge in [-0.25, -0.2) is 0 Å². The van der Waals surface area contributed by atoms with Gasteiger partial charge >= 0.3 is 0 Å². The van der Waals surface area contributed by atoms with Crippen molar-refractivity contribution in [2.75, 3.05) is 19.1 Å². The van der Waals surface area contributed by atoms with Gasteiger partial charge in [0.2, 0.25) is 0 Å². The molecule has 0 aromatic heterocycles. The molecule has 2 aromatic carbocycles. The van der Waals surface area contributed by atoms with E-state index in [0.717, 1.165) is 28.6 Å². The standard InChI is InChI=1S/C17H21ClN2O/c1-12(19)14-6-9-17(16(18)10-14)20(2)11-13-4-7-15(21-3)8-5-13/h4-10,12H,11,19H2,1-3H3/t12-/m0/s1. The fraction of sp³-hybridized carbons (Fsp3) is 0.294. The smallest absolute Gasteiger partial charge is 0.118 e. The predicted octanol–water partition coefficient (Wildman–Crippen LogP) is 4.00. The first-order valence-corrected chi connectivity index (χ1v) is 7.28. The molecule has 0 amide bonds. The molecule has 1 atom stereocenters. The molecular weight excluding hydrogens is 284 g/mol. The maximum absolute atomic E-state index is 6.37. The summed E-state index contributed by atoms with van der Waals surface area (Å²) < 4.78 is 5.17. The fourth-order valence-corrected chi connectivity index (χ4v) is 2.54. The maximum atomic E-state index is 6.37. The van der Waals surface area contributed by atoms with Gasteiger partial charge in [-0.05, 0) is 42.3 Å². The van der Waals surface area contributed by atoms with Crippen LogP contribution < -0.4 is 15.4 Å². The minimum atomic E-state index is -0.0107. The van der Waals surface area contributed by atoms with Crippen LogP contribution in [0, 0.1) is 0 Å². The van der Waals surface area contributed by atoms with Crippen LogP contribution in [-0.2, 0) is 6.54 Å². The number of nitrogens with two attached hydrogens (primary N) is 1. The minimum absolute atomic E-state index is 0.0107. The van der Waals surface area contributed by atoms with Crippen molar-refractivity contribution in [3.63, 3.8) is 0 Å². The lowest BCUT2D eigenvalue weighted by atomic mass is 10.1. The molecule has 3 nitrogen and oxygen atoms in total. The van der Waals surface area contributed by atoms with Crippen molar-refractivity contribution < 1.29 is 4.74 Å². The van der Waals surface area contributed by atoms with Crippen molar-refractivity contribution in [2.24, 2.45) is 5.73 Å². The Bertz CT molecular complexity index is 596. The third kappa shape index (κ3) is 3.90. The van der Waals surface area contributed by atoms with Crippen LogP contribution in [-0.4, -0.2) is 14.2 Å². The van der Waals surface area contributed by atoms with E-state index in [1.807, 2.05) is 44.3 Å². The summed E-state index contributed by atoms with van der Waals surface area (Å²) in [5.41, 5.74) is 9.12.